The van der Waals surface area contributed by atoms with Crippen molar-refractivity contribution in [2.24, 2.45) is 0 Å². The van der Waals surface area contributed by atoms with Crippen molar-refractivity contribution >= 4 is 21.7 Å². The van der Waals surface area contributed by atoms with Gasteiger partial charge in [-0.25, -0.2) is 13.2 Å². The average molecular weight is 311 g/mol. The number of anilines is 1. The third-order valence-corrected chi connectivity index (χ3v) is 4.95. The van der Waals surface area contributed by atoms with Crippen molar-refractivity contribution in [3.05, 3.63) is 23.8 Å². The molecule has 0 aromatic heterocycles. The van der Waals surface area contributed by atoms with Crippen LogP contribution in [0.2, 0.25) is 0 Å². The van der Waals surface area contributed by atoms with E-state index < -0.39 is 27.7 Å². The van der Waals surface area contributed by atoms with Crippen LogP contribution in [0.1, 0.15) is 10.4 Å². The molecule has 1 aromatic carbocycles. The van der Waals surface area contributed by atoms with Crippen LogP contribution in [0.15, 0.2) is 23.1 Å². The Bertz CT molecular complexity index is 710. The Labute approximate surface area is 121 Å². The molecule has 112 valence electrons. The van der Waals surface area contributed by atoms with Gasteiger partial charge in [-0.1, -0.05) is 0 Å². The van der Waals surface area contributed by atoms with E-state index >= 15 is 0 Å². The summed E-state index contributed by atoms with van der Waals surface area (Å²) in [6.07, 6.45) is -0.865. The van der Waals surface area contributed by atoms with E-state index in [2.05, 4.69) is 0 Å². The van der Waals surface area contributed by atoms with E-state index in [1.165, 1.54) is 6.07 Å². The molecule has 21 heavy (non-hydrogen) atoms. The first kappa shape index (κ1) is 15.2. The molecular formula is C12H13N3O5S. The molecule has 1 saturated heterocycles. The Morgan fingerprint density at radius 2 is 2.24 bits per heavy atom. The van der Waals surface area contributed by atoms with Crippen LogP contribution in [0, 0.1) is 11.3 Å². The number of sulfonamides is 1. The second-order valence-corrected chi connectivity index (χ2v) is 6.32. The van der Waals surface area contributed by atoms with Gasteiger partial charge in [0.1, 0.15) is 0 Å². The fraction of sp³-hybridized carbons (Fsp3) is 0.333. The number of benzene rings is 1. The number of rotatable bonds is 3. The van der Waals surface area contributed by atoms with E-state index in [9.17, 15) is 13.2 Å². The highest BCUT2D eigenvalue weighted by atomic mass is 32.2. The second kappa shape index (κ2) is 5.69. The number of morpholine rings is 1. The minimum atomic E-state index is -4.03. The normalized spacial score (nSPS) is 19.9. The topological polar surface area (TPSA) is 134 Å². The number of nitriles is 1. The zero-order valence-corrected chi connectivity index (χ0v) is 11.7. The lowest BCUT2D eigenvalue weighted by atomic mass is 10.2. The Morgan fingerprint density at radius 1 is 1.52 bits per heavy atom. The molecule has 8 nitrogen and oxygen atoms in total. The van der Waals surface area contributed by atoms with Crippen molar-refractivity contribution in [3.63, 3.8) is 0 Å². The van der Waals surface area contributed by atoms with Crippen LogP contribution in [-0.4, -0.2) is 49.6 Å². The van der Waals surface area contributed by atoms with Crippen LogP contribution < -0.4 is 5.73 Å². The summed E-state index contributed by atoms with van der Waals surface area (Å²) < 4.78 is 31.2. The molecule has 1 atom stereocenters. The lowest BCUT2D eigenvalue weighted by molar-refractivity contribution is 0.0311. The first-order valence-corrected chi connectivity index (χ1v) is 7.44. The SMILES string of the molecule is N#CC1CN(S(=O)(=O)c2ccc(N)cc2C(=O)O)CCO1. The summed E-state index contributed by atoms with van der Waals surface area (Å²) in [4.78, 5) is 10.9. The largest absolute Gasteiger partial charge is 0.478 e. The van der Waals surface area contributed by atoms with Crippen LogP contribution in [0.4, 0.5) is 5.69 Å². The summed E-state index contributed by atoms with van der Waals surface area (Å²) in [6, 6.07) is 5.41. The molecule has 0 saturated carbocycles. The van der Waals surface area contributed by atoms with E-state index in [-0.39, 0.29) is 30.3 Å². The van der Waals surface area contributed by atoms with Crippen molar-refractivity contribution in [2.75, 3.05) is 25.4 Å². The number of carboxylic acids is 1. The molecule has 1 aliphatic heterocycles. The van der Waals surface area contributed by atoms with Crippen molar-refractivity contribution in [3.8, 4) is 6.07 Å². The van der Waals surface area contributed by atoms with Gasteiger partial charge in [0.15, 0.2) is 6.10 Å². The monoisotopic (exact) mass is 311 g/mol. The Hall–Kier alpha value is -2.15. The number of nitrogens with zero attached hydrogens (tertiary/aromatic N) is 2. The molecule has 2 rings (SSSR count). The van der Waals surface area contributed by atoms with Gasteiger partial charge in [-0.2, -0.15) is 9.57 Å². The first-order valence-electron chi connectivity index (χ1n) is 6.00. The molecular weight excluding hydrogens is 298 g/mol. The minimum absolute atomic E-state index is 0.0595. The van der Waals surface area contributed by atoms with E-state index in [4.69, 9.17) is 20.8 Å². The Kier molecular flexibility index (Phi) is 4.13. The van der Waals surface area contributed by atoms with Gasteiger partial charge in [-0.15, -0.1) is 0 Å². The predicted octanol–water partition coefficient (Wildman–Crippen LogP) is -0.120. The summed E-state index contributed by atoms with van der Waals surface area (Å²) in [7, 11) is -4.03. The maximum absolute atomic E-state index is 12.5. The number of carbonyl (C=O) groups is 1. The highest BCUT2D eigenvalue weighted by Crippen LogP contribution is 2.24. The van der Waals surface area contributed by atoms with Gasteiger partial charge >= 0.3 is 5.97 Å². The van der Waals surface area contributed by atoms with Crippen LogP contribution in [0.25, 0.3) is 0 Å². The van der Waals surface area contributed by atoms with Crippen molar-refractivity contribution < 1.29 is 23.1 Å². The zero-order chi connectivity index (χ0) is 15.6. The quantitative estimate of drug-likeness (QED) is 0.743. The minimum Gasteiger partial charge on any atom is -0.478 e. The third kappa shape index (κ3) is 2.97. The number of nitrogens with two attached hydrogens (primary N) is 1. The molecule has 3 N–H and O–H groups in total. The van der Waals surface area contributed by atoms with Gasteiger partial charge in [0, 0.05) is 12.2 Å². The third-order valence-electron chi connectivity index (χ3n) is 3.03. The molecule has 1 aliphatic rings. The summed E-state index contributed by atoms with van der Waals surface area (Å²) >= 11 is 0. The molecule has 1 unspecified atom stereocenters. The maximum atomic E-state index is 12.5. The first-order chi connectivity index (χ1) is 9.86. The highest BCUT2D eigenvalue weighted by Gasteiger charge is 2.33. The van der Waals surface area contributed by atoms with Crippen molar-refractivity contribution in [1.29, 1.82) is 5.26 Å². The molecule has 0 amide bonds. The van der Waals surface area contributed by atoms with E-state index in [0.29, 0.717) is 0 Å². The summed E-state index contributed by atoms with van der Waals surface area (Å²) in [5, 5.41) is 18.0. The van der Waals surface area contributed by atoms with Crippen LogP contribution in [0.3, 0.4) is 0 Å². The summed E-state index contributed by atoms with van der Waals surface area (Å²) in [5.74, 6) is -1.38. The lowest BCUT2D eigenvalue weighted by Crippen LogP contribution is -2.45. The van der Waals surface area contributed by atoms with Gasteiger partial charge in [-0.05, 0) is 18.2 Å². The molecule has 1 heterocycles. The van der Waals surface area contributed by atoms with Crippen molar-refractivity contribution in [2.45, 2.75) is 11.0 Å². The van der Waals surface area contributed by atoms with E-state index in [1.54, 1.807) is 0 Å². The molecule has 0 bridgehead atoms. The standard InChI is InChI=1S/C12H13N3O5S/c13-6-9-7-15(3-4-20-9)21(18,19)11-2-1-8(14)5-10(11)12(16)17/h1-2,5,9H,3-4,7,14H2,(H,16,17). The predicted molar refractivity (Wildman–Crippen MR) is 71.9 cm³/mol. The number of nitrogen functional groups attached to an aromatic ring is 1. The van der Waals surface area contributed by atoms with Crippen molar-refractivity contribution in [1.82, 2.24) is 4.31 Å². The molecule has 0 aliphatic carbocycles. The molecule has 0 radical (unpaired) electrons. The molecule has 0 spiro atoms. The van der Waals surface area contributed by atoms with Gasteiger partial charge in [0.05, 0.1) is 29.7 Å². The maximum Gasteiger partial charge on any atom is 0.337 e. The average Bonchev–Trinajstić information content (AvgIpc) is 2.46. The smallest absolute Gasteiger partial charge is 0.337 e. The van der Waals surface area contributed by atoms with Gasteiger partial charge < -0.3 is 15.6 Å². The highest BCUT2D eigenvalue weighted by molar-refractivity contribution is 7.89. The fourth-order valence-electron chi connectivity index (χ4n) is 2.00. The number of aromatic carboxylic acids is 1. The molecule has 1 aromatic rings. The summed E-state index contributed by atoms with van der Waals surface area (Å²) in [6.45, 7) is 0.00104. The van der Waals surface area contributed by atoms with E-state index in [0.717, 1.165) is 16.4 Å². The molecule has 9 heteroatoms. The number of ether oxygens (including phenoxy) is 1. The zero-order valence-electron chi connectivity index (χ0n) is 10.9. The number of hydrogen-bond donors (Lipinski definition) is 2. The Morgan fingerprint density at radius 3 is 2.86 bits per heavy atom. The van der Waals surface area contributed by atoms with Crippen LogP contribution in [0.5, 0.6) is 0 Å². The van der Waals surface area contributed by atoms with E-state index in [1.807, 2.05) is 6.07 Å². The van der Waals surface area contributed by atoms with Gasteiger partial charge in [0.25, 0.3) is 0 Å². The van der Waals surface area contributed by atoms with Gasteiger partial charge in [-0.3, -0.25) is 0 Å². The van der Waals surface area contributed by atoms with Crippen LogP contribution in [-0.2, 0) is 14.8 Å². The Balaban J connectivity index is 2.45. The number of carboxylic acid groups (broad SMARTS) is 1. The second-order valence-electron chi connectivity index (χ2n) is 4.41. The lowest BCUT2D eigenvalue weighted by Gasteiger charge is -2.29. The number of hydrogen-bond acceptors (Lipinski definition) is 6. The summed E-state index contributed by atoms with van der Waals surface area (Å²) in [5.41, 5.74) is 5.26. The van der Waals surface area contributed by atoms with Crippen LogP contribution >= 0.6 is 0 Å². The fourth-order valence-corrected chi connectivity index (χ4v) is 3.59. The molecule has 1 fully saturated rings. The van der Waals surface area contributed by atoms with Gasteiger partial charge in [0.2, 0.25) is 10.0 Å².